The Kier molecular flexibility index (Phi) is 8.16. The Morgan fingerprint density at radius 2 is 1.95 bits per heavy atom. The monoisotopic (exact) mass is 599 g/mol. The quantitative estimate of drug-likeness (QED) is 0.181. The van der Waals surface area contributed by atoms with E-state index < -0.39 is 59.9 Å². The van der Waals surface area contributed by atoms with Crippen LogP contribution in [0.15, 0.2) is 71.5 Å². The number of benzene rings is 1. The summed E-state index contributed by atoms with van der Waals surface area (Å²) in [5, 5.41) is 5.28. The molecule has 0 radical (unpaired) electrons. The predicted molar refractivity (Wildman–Crippen MR) is 148 cm³/mol. The van der Waals surface area contributed by atoms with Crippen molar-refractivity contribution in [2.45, 2.75) is 49.9 Å². The van der Waals surface area contributed by atoms with Gasteiger partial charge in [0.25, 0.3) is 5.91 Å². The number of carbonyl (C=O) groups excluding carboxylic acids is 2. The zero-order chi connectivity index (χ0) is 30.8. The number of fused-ring (bicyclic) bond motifs is 1. The average molecular weight is 600 g/mol. The number of hydrogen-bond acceptors (Lipinski definition) is 6. The van der Waals surface area contributed by atoms with E-state index in [9.17, 15) is 31.5 Å². The molecule has 5 rings (SSSR count). The van der Waals surface area contributed by atoms with Gasteiger partial charge in [-0.05, 0) is 66.1 Å². The summed E-state index contributed by atoms with van der Waals surface area (Å²) in [5.41, 5.74) is 4.71. The first-order valence-electron chi connectivity index (χ1n) is 13.3. The summed E-state index contributed by atoms with van der Waals surface area (Å²) in [7, 11) is 0. The number of halogens is 5. The highest BCUT2D eigenvalue weighted by molar-refractivity contribution is 5.94. The van der Waals surface area contributed by atoms with Crippen molar-refractivity contribution in [2.24, 2.45) is 0 Å². The number of carbonyl (C=O) groups is 2. The topological polar surface area (TPSA) is 123 Å². The molecule has 2 atom stereocenters. The van der Waals surface area contributed by atoms with Crippen LogP contribution in [0.1, 0.15) is 58.0 Å². The van der Waals surface area contributed by atoms with E-state index >= 15 is 0 Å². The third kappa shape index (κ3) is 7.16. The summed E-state index contributed by atoms with van der Waals surface area (Å²) in [6.07, 6.45) is 0.683. The molecule has 2 unspecified atom stereocenters. The largest absolute Gasteiger partial charge is 0.459 e. The summed E-state index contributed by atoms with van der Waals surface area (Å²) in [4.78, 5) is 32.8. The van der Waals surface area contributed by atoms with Crippen molar-refractivity contribution in [2.75, 3.05) is 5.73 Å². The fourth-order valence-electron chi connectivity index (χ4n) is 5.07. The number of nitrogens with one attached hydrogen (secondary N) is 2. The van der Waals surface area contributed by atoms with E-state index in [2.05, 4.69) is 20.6 Å². The molecule has 8 nitrogen and oxygen atoms in total. The van der Waals surface area contributed by atoms with Crippen LogP contribution in [0.3, 0.4) is 0 Å². The molecule has 1 aliphatic carbocycles. The lowest BCUT2D eigenvalue weighted by Gasteiger charge is -2.37. The van der Waals surface area contributed by atoms with Gasteiger partial charge in [-0.2, -0.15) is 13.2 Å². The molecule has 3 aromatic heterocycles. The molecule has 1 fully saturated rings. The molecular formula is C30H26F5N5O3. The van der Waals surface area contributed by atoms with Gasteiger partial charge in [0.1, 0.15) is 17.2 Å². The van der Waals surface area contributed by atoms with Gasteiger partial charge in [0.15, 0.2) is 0 Å². The molecule has 224 valence electrons. The van der Waals surface area contributed by atoms with Crippen molar-refractivity contribution in [1.29, 1.82) is 0 Å². The zero-order valence-electron chi connectivity index (χ0n) is 22.5. The van der Waals surface area contributed by atoms with Gasteiger partial charge in [0, 0.05) is 54.9 Å². The molecule has 0 bridgehead atoms. The van der Waals surface area contributed by atoms with Crippen LogP contribution in [0, 0.1) is 0 Å². The highest BCUT2D eigenvalue weighted by Crippen LogP contribution is 2.45. The number of hydrogen-bond donors (Lipinski definition) is 3. The lowest BCUT2D eigenvalue weighted by atomic mass is 9.77. The third-order valence-corrected chi connectivity index (χ3v) is 7.16. The molecule has 4 aromatic rings. The lowest BCUT2D eigenvalue weighted by Crippen LogP contribution is -2.45. The summed E-state index contributed by atoms with van der Waals surface area (Å²) >= 11 is 0. The highest BCUT2D eigenvalue weighted by Gasteiger charge is 2.44. The molecule has 4 N–H and O–H groups in total. The van der Waals surface area contributed by atoms with Crippen LogP contribution in [-0.4, -0.2) is 33.7 Å². The van der Waals surface area contributed by atoms with Gasteiger partial charge in [-0.15, -0.1) is 0 Å². The molecule has 0 spiro atoms. The van der Waals surface area contributed by atoms with Crippen molar-refractivity contribution in [3.05, 3.63) is 95.1 Å². The van der Waals surface area contributed by atoms with Gasteiger partial charge in [-0.1, -0.05) is 0 Å². The molecule has 2 amide bonds. The Balaban J connectivity index is 1.40. The third-order valence-electron chi connectivity index (χ3n) is 7.16. The Hall–Kier alpha value is -4.81. The van der Waals surface area contributed by atoms with Gasteiger partial charge in [-0.25, -0.2) is 13.8 Å². The SMILES string of the molecule is Nc1ccc(/C=C/C(=O)NCc2cc3cc(C4CC(F)(F)CCC4NC(=O)c4cccnc4)cc(C(F)(F)F)c3o2)cn1. The average Bonchev–Trinajstić information content (AvgIpc) is 3.39. The van der Waals surface area contributed by atoms with Gasteiger partial charge in [0.2, 0.25) is 11.8 Å². The van der Waals surface area contributed by atoms with Crippen molar-refractivity contribution >= 4 is 34.7 Å². The minimum Gasteiger partial charge on any atom is -0.459 e. The van der Waals surface area contributed by atoms with Gasteiger partial charge in [0.05, 0.1) is 17.7 Å². The zero-order valence-corrected chi connectivity index (χ0v) is 22.5. The van der Waals surface area contributed by atoms with Crippen molar-refractivity contribution in [1.82, 2.24) is 20.6 Å². The molecule has 0 aliphatic heterocycles. The second-order valence-electron chi connectivity index (χ2n) is 10.3. The maximum absolute atomic E-state index is 14.6. The first-order chi connectivity index (χ1) is 20.4. The fourth-order valence-corrected chi connectivity index (χ4v) is 5.07. The predicted octanol–water partition coefficient (Wildman–Crippen LogP) is 5.85. The maximum Gasteiger partial charge on any atom is 0.420 e. The first kappa shape index (κ1) is 29.7. The summed E-state index contributed by atoms with van der Waals surface area (Å²) < 4.78 is 77.2. The number of rotatable bonds is 7. The van der Waals surface area contributed by atoms with E-state index in [1.54, 1.807) is 12.1 Å². The molecule has 1 saturated carbocycles. The van der Waals surface area contributed by atoms with Crippen LogP contribution in [0.5, 0.6) is 0 Å². The van der Waals surface area contributed by atoms with E-state index in [-0.39, 0.29) is 35.2 Å². The van der Waals surface area contributed by atoms with Crippen LogP contribution in [-0.2, 0) is 17.5 Å². The summed E-state index contributed by atoms with van der Waals surface area (Å²) in [6.45, 7) is -0.226. The van der Waals surface area contributed by atoms with Crippen LogP contribution in [0.2, 0.25) is 0 Å². The number of aromatic nitrogens is 2. The van der Waals surface area contributed by atoms with Crippen molar-refractivity contribution < 1.29 is 36.0 Å². The van der Waals surface area contributed by atoms with Crippen molar-refractivity contribution in [3.63, 3.8) is 0 Å². The molecule has 1 aromatic carbocycles. The van der Waals surface area contributed by atoms with Crippen LogP contribution in [0.4, 0.5) is 27.8 Å². The Morgan fingerprint density at radius 1 is 1.14 bits per heavy atom. The number of anilines is 1. The van der Waals surface area contributed by atoms with E-state index in [4.69, 9.17) is 10.2 Å². The molecular weight excluding hydrogens is 573 g/mol. The van der Waals surface area contributed by atoms with E-state index in [1.807, 2.05) is 0 Å². The van der Waals surface area contributed by atoms with E-state index in [1.165, 1.54) is 55.0 Å². The fraction of sp³-hybridized carbons (Fsp3) is 0.267. The smallest absolute Gasteiger partial charge is 0.420 e. The minimum atomic E-state index is -4.87. The molecule has 3 heterocycles. The van der Waals surface area contributed by atoms with E-state index in [0.717, 1.165) is 6.07 Å². The lowest BCUT2D eigenvalue weighted by molar-refractivity contribution is -0.137. The second-order valence-corrected chi connectivity index (χ2v) is 10.3. The summed E-state index contributed by atoms with van der Waals surface area (Å²) in [5.74, 6) is -4.99. The number of nitrogen functional groups attached to an aromatic ring is 1. The molecule has 0 saturated heterocycles. The Bertz CT molecular complexity index is 1650. The Morgan fingerprint density at radius 3 is 2.65 bits per heavy atom. The number of pyridine rings is 2. The van der Waals surface area contributed by atoms with Crippen LogP contribution >= 0.6 is 0 Å². The normalized spacial score (nSPS) is 18.5. The van der Waals surface area contributed by atoms with Crippen molar-refractivity contribution in [3.8, 4) is 0 Å². The first-order valence-corrected chi connectivity index (χ1v) is 13.3. The highest BCUT2D eigenvalue weighted by atomic mass is 19.4. The van der Waals surface area contributed by atoms with Crippen LogP contribution in [0.25, 0.3) is 17.0 Å². The summed E-state index contributed by atoms with van der Waals surface area (Å²) in [6, 6.07) is 8.89. The van der Waals surface area contributed by atoms with Gasteiger partial charge >= 0.3 is 6.18 Å². The van der Waals surface area contributed by atoms with Crippen LogP contribution < -0.4 is 16.4 Å². The van der Waals surface area contributed by atoms with Gasteiger partial charge in [-0.3, -0.25) is 14.6 Å². The number of alkyl halides is 5. The number of furan rings is 1. The standard InChI is InChI=1S/C30H26F5N5O3/c31-29(32)8-7-24(40-28(42)18-2-1-9-37-15-18)22(13-29)19-10-20-11-21(43-27(20)23(12-19)30(33,34)35)16-39-26(41)6-4-17-3-5-25(36)38-14-17/h1-6,9-12,14-15,22,24H,7-8,13,16H2,(H2,36,38)(H,39,41)(H,40,42)/b6-4+. The molecule has 13 heteroatoms. The second kappa shape index (κ2) is 11.8. The number of amides is 2. The van der Waals surface area contributed by atoms with Gasteiger partial charge < -0.3 is 20.8 Å². The molecule has 43 heavy (non-hydrogen) atoms. The molecule has 1 aliphatic rings. The van der Waals surface area contributed by atoms with E-state index in [0.29, 0.717) is 11.4 Å². The number of nitrogens with two attached hydrogens (primary N) is 1. The number of nitrogens with zero attached hydrogens (tertiary/aromatic N) is 2. The minimum absolute atomic E-state index is 0.00730. The Labute approximate surface area is 242 Å². The maximum atomic E-state index is 14.6.